The van der Waals surface area contributed by atoms with Gasteiger partial charge in [-0.1, -0.05) is 42.5 Å². The van der Waals surface area contributed by atoms with Gasteiger partial charge in [0.1, 0.15) is 5.54 Å². The van der Waals surface area contributed by atoms with Gasteiger partial charge in [-0.05, 0) is 32.8 Å². The second-order valence-electron chi connectivity index (χ2n) is 6.64. The largest absolute Gasteiger partial charge is 0.447 e. The maximum Gasteiger partial charge on any atom is 0.333 e. The van der Waals surface area contributed by atoms with Gasteiger partial charge in [-0.25, -0.2) is 4.79 Å². The number of hydrogen-bond acceptors (Lipinski definition) is 3. The molecule has 2 rings (SSSR count). The van der Waals surface area contributed by atoms with Gasteiger partial charge in [-0.2, -0.15) is 0 Å². The summed E-state index contributed by atoms with van der Waals surface area (Å²) in [6.07, 6.45) is 3.86. The number of morpholine rings is 1. The van der Waals surface area contributed by atoms with Gasteiger partial charge in [0.05, 0.1) is 6.04 Å². The van der Waals surface area contributed by atoms with Crippen LogP contribution in [0.25, 0.3) is 0 Å². The molecule has 0 saturated carbocycles. The van der Waals surface area contributed by atoms with E-state index < -0.39 is 17.1 Å². The lowest BCUT2D eigenvalue weighted by Crippen LogP contribution is -2.68. The van der Waals surface area contributed by atoms with Gasteiger partial charge in [0, 0.05) is 6.42 Å². The van der Waals surface area contributed by atoms with Crippen LogP contribution in [0.5, 0.6) is 0 Å². The predicted octanol–water partition coefficient (Wildman–Crippen LogP) is 3.80. The molecule has 0 bridgehead atoms. The summed E-state index contributed by atoms with van der Waals surface area (Å²) in [5.74, 6) is -0.614. The number of carbonyl (C=O) groups is 2. The van der Waals surface area contributed by atoms with Crippen LogP contribution in [0.3, 0.4) is 0 Å². The third-order valence-electron chi connectivity index (χ3n) is 4.71. The van der Waals surface area contributed by atoms with Gasteiger partial charge in [0.2, 0.25) is 0 Å². The van der Waals surface area contributed by atoms with Gasteiger partial charge in [-0.15, -0.1) is 13.2 Å². The molecule has 3 atom stereocenters. The lowest BCUT2D eigenvalue weighted by atomic mass is 9.85. The molecular formula is C20H25NO3. The minimum Gasteiger partial charge on any atom is -0.447 e. The molecule has 0 aliphatic carbocycles. The Morgan fingerprint density at radius 1 is 1.12 bits per heavy atom. The van der Waals surface area contributed by atoms with Gasteiger partial charge < -0.3 is 9.64 Å². The molecule has 24 heavy (non-hydrogen) atoms. The van der Waals surface area contributed by atoms with Crippen molar-refractivity contribution in [3.8, 4) is 0 Å². The van der Waals surface area contributed by atoms with E-state index in [0.29, 0.717) is 6.42 Å². The number of rotatable bonds is 6. The van der Waals surface area contributed by atoms with E-state index in [4.69, 9.17) is 4.74 Å². The van der Waals surface area contributed by atoms with Crippen molar-refractivity contribution in [2.24, 2.45) is 0 Å². The first-order chi connectivity index (χ1) is 11.3. The normalized spacial score (nSPS) is 28.2. The van der Waals surface area contributed by atoms with Crippen molar-refractivity contribution in [3.63, 3.8) is 0 Å². The Bertz CT molecular complexity index is 654. The minimum absolute atomic E-state index is 0.206. The molecule has 1 aromatic rings. The molecule has 1 aromatic carbocycles. The van der Waals surface area contributed by atoms with Crippen LogP contribution >= 0.6 is 0 Å². The predicted molar refractivity (Wildman–Crippen MR) is 94.2 cm³/mol. The van der Waals surface area contributed by atoms with E-state index in [0.717, 1.165) is 5.56 Å². The van der Waals surface area contributed by atoms with Crippen molar-refractivity contribution in [2.75, 3.05) is 0 Å². The fourth-order valence-corrected chi connectivity index (χ4v) is 3.29. The molecule has 1 saturated heterocycles. The molecular weight excluding hydrogens is 302 g/mol. The molecule has 1 amide bonds. The fourth-order valence-electron chi connectivity index (χ4n) is 3.29. The summed E-state index contributed by atoms with van der Waals surface area (Å²) in [7, 11) is 0. The van der Waals surface area contributed by atoms with E-state index in [-0.39, 0.29) is 18.4 Å². The lowest BCUT2D eigenvalue weighted by molar-refractivity contribution is -0.203. The molecule has 0 spiro atoms. The van der Waals surface area contributed by atoms with E-state index in [1.165, 1.54) is 0 Å². The highest BCUT2D eigenvalue weighted by molar-refractivity contribution is 5.98. The third kappa shape index (κ3) is 2.88. The molecule has 4 nitrogen and oxygen atoms in total. The van der Waals surface area contributed by atoms with Gasteiger partial charge in [-0.3, -0.25) is 4.79 Å². The number of amides is 1. The van der Waals surface area contributed by atoms with Gasteiger partial charge in [0.15, 0.2) is 5.60 Å². The maximum absolute atomic E-state index is 13.3. The lowest BCUT2D eigenvalue weighted by Gasteiger charge is -2.51. The third-order valence-corrected chi connectivity index (χ3v) is 4.71. The first kappa shape index (κ1) is 18.0. The molecule has 0 radical (unpaired) electrons. The zero-order valence-electron chi connectivity index (χ0n) is 14.6. The number of nitrogens with zero attached hydrogens (tertiary/aromatic N) is 1. The highest BCUT2D eigenvalue weighted by atomic mass is 16.6. The Kier molecular flexibility index (Phi) is 4.97. The Labute approximate surface area is 143 Å². The van der Waals surface area contributed by atoms with Crippen LogP contribution in [-0.4, -0.2) is 27.9 Å². The summed E-state index contributed by atoms with van der Waals surface area (Å²) in [6, 6.07) is 9.42. The van der Waals surface area contributed by atoms with Gasteiger partial charge >= 0.3 is 5.97 Å². The Balaban J connectivity index is 2.54. The van der Waals surface area contributed by atoms with Crippen molar-refractivity contribution in [2.45, 2.75) is 50.8 Å². The Hall–Kier alpha value is -2.36. The number of carbonyl (C=O) groups excluding carboxylic acids is 2. The topological polar surface area (TPSA) is 46.6 Å². The number of cyclic esters (lactones) is 1. The van der Waals surface area contributed by atoms with Crippen LogP contribution in [0, 0.1) is 0 Å². The number of hydrogen-bond donors (Lipinski definition) is 0. The molecule has 1 fully saturated rings. The minimum atomic E-state index is -1.22. The molecule has 0 unspecified atom stereocenters. The fraction of sp³-hybridized carbons (Fsp3) is 0.400. The highest BCUT2D eigenvalue weighted by Gasteiger charge is 2.57. The van der Waals surface area contributed by atoms with Crippen molar-refractivity contribution in [3.05, 3.63) is 61.2 Å². The molecule has 128 valence electrons. The monoisotopic (exact) mass is 327 g/mol. The average Bonchev–Trinajstić information content (AvgIpc) is 2.55. The zero-order chi connectivity index (χ0) is 18.0. The number of benzene rings is 1. The van der Waals surface area contributed by atoms with Crippen LogP contribution in [0.4, 0.5) is 0 Å². The van der Waals surface area contributed by atoms with Crippen molar-refractivity contribution in [1.29, 1.82) is 0 Å². The van der Waals surface area contributed by atoms with Crippen molar-refractivity contribution in [1.82, 2.24) is 4.90 Å². The molecule has 0 aromatic heterocycles. The smallest absolute Gasteiger partial charge is 0.333 e. The van der Waals surface area contributed by atoms with E-state index >= 15 is 0 Å². The second-order valence-corrected chi connectivity index (χ2v) is 6.64. The summed E-state index contributed by atoms with van der Waals surface area (Å²) in [4.78, 5) is 27.7. The standard InChI is InChI=1S/C20H25NO3/c1-6-13-19(4)18(23)24-20(5,14-7-2)17(22)21(19)15(3)16-11-9-8-10-12-16/h6-12,15H,1-2,13-14H2,3-5H3/t15-,19-,20-/m0/s1. The Morgan fingerprint density at radius 2 is 1.71 bits per heavy atom. The van der Waals surface area contributed by atoms with Crippen LogP contribution < -0.4 is 0 Å². The van der Waals surface area contributed by atoms with E-state index in [9.17, 15) is 9.59 Å². The summed E-state index contributed by atoms with van der Waals surface area (Å²) in [5.41, 5.74) is -1.33. The van der Waals surface area contributed by atoms with Crippen LogP contribution in [0.15, 0.2) is 55.6 Å². The summed E-state index contributed by atoms with van der Waals surface area (Å²) in [5, 5.41) is 0. The van der Waals surface area contributed by atoms with E-state index in [1.54, 1.807) is 30.9 Å². The van der Waals surface area contributed by atoms with Crippen molar-refractivity contribution >= 4 is 11.9 Å². The zero-order valence-corrected chi connectivity index (χ0v) is 14.6. The Morgan fingerprint density at radius 3 is 2.25 bits per heavy atom. The van der Waals surface area contributed by atoms with E-state index in [2.05, 4.69) is 13.2 Å². The molecule has 0 N–H and O–H groups in total. The molecule has 4 heteroatoms. The molecule has 1 aliphatic heterocycles. The number of ether oxygens (including phenoxy) is 1. The quantitative estimate of drug-likeness (QED) is 0.590. The second kappa shape index (κ2) is 6.63. The van der Waals surface area contributed by atoms with Crippen LogP contribution in [0.2, 0.25) is 0 Å². The van der Waals surface area contributed by atoms with Gasteiger partial charge in [0.25, 0.3) is 5.91 Å². The highest BCUT2D eigenvalue weighted by Crippen LogP contribution is 2.40. The maximum atomic E-state index is 13.3. The SMILES string of the molecule is C=CC[C@@]1(C)C(=O)O[C@@](C)(CC=C)C(=O)N1[C@@H](C)c1ccccc1. The van der Waals surface area contributed by atoms with Crippen LogP contribution in [-0.2, 0) is 14.3 Å². The average molecular weight is 327 g/mol. The van der Waals surface area contributed by atoms with E-state index in [1.807, 2.05) is 37.3 Å². The molecule has 1 aliphatic rings. The summed E-state index contributed by atoms with van der Waals surface area (Å²) < 4.78 is 5.56. The summed E-state index contributed by atoms with van der Waals surface area (Å²) >= 11 is 0. The first-order valence-corrected chi connectivity index (χ1v) is 8.14. The number of esters is 1. The molecule has 1 heterocycles. The summed E-state index contributed by atoms with van der Waals surface area (Å²) in [6.45, 7) is 12.7. The van der Waals surface area contributed by atoms with Crippen molar-refractivity contribution < 1.29 is 14.3 Å². The van der Waals surface area contributed by atoms with Crippen LogP contribution in [0.1, 0.15) is 45.2 Å². The first-order valence-electron chi connectivity index (χ1n) is 8.14.